The van der Waals surface area contributed by atoms with Crippen molar-refractivity contribution in [1.82, 2.24) is 10.6 Å². The molecule has 22 heavy (non-hydrogen) atoms. The summed E-state index contributed by atoms with van der Waals surface area (Å²) in [4.78, 5) is 11.7. The number of hydrogen-bond donors (Lipinski definition) is 2. The minimum atomic E-state index is -0.446. The summed E-state index contributed by atoms with van der Waals surface area (Å²) in [5, 5.41) is 6.45. The largest absolute Gasteiger partial charge is 0.444 e. The van der Waals surface area contributed by atoms with E-state index in [0.29, 0.717) is 18.4 Å². The first-order valence-electron chi connectivity index (χ1n) is 8.53. The molecule has 1 aliphatic rings. The van der Waals surface area contributed by atoms with Gasteiger partial charge in [0.15, 0.2) is 0 Å². The van der Waals surface area contributed by atoms with E-state index in [-0.39, 0.29) is 6.09 Å². The highest BCUT2D eigenvalue weighted by Gasteiger charge is 2.20. The van der Waals surface area contributed by atoms with E-state index < -0.39 is 5.60 Å². The Morgan fingerprint density at radius 2 is 1.86 bits per heavy atom. The summed E-state index contributed by atoms with van der Waals surface area (Å²) in [6.45, 7) is 14.4. The first-order valence-corrected chi connectivity index (χ1v) is 8.53. The van der Waals surface area contributed by atoms with E-state index in [2.05, 4.69) is 24.5 Å². The molecule has 1 rings (SSSR count). The molecule has 1 unspecified atom stereocenters. The summed E-state index contributed by atoms with van der Waals surface area (Å²) in [6.07, 6.45) is 1.97. The minimum absolute atomic E-state index is 0.331. The van der Waals surface area contributed by atoms with Crippen LogP contribution in [0.15, 0.2) is 0 Å². The summed E-state index contributed by atoms with van der Waals surface area (Å²) < 4.78 is 10.7. The molecule has 1 atom stereocenters. The van der Waals surface area contributed by atoms with Gasteiger partial charge >= 0.3 is 6.09 Å². The number of nitrogens with one attached hydrogen (secondary N) is 2. The van der Waals surface area contributed by atoms with Gasteiger partial charge in [-0.3, -0.25) is 0 Å². The van der Waals surface area contributed by atoms with Gasteiger partial charge in [-0.15, -0.1) is 0 Å². The summed E-state index contributed by atoms with van der Waals surface area (Å²) >= 11 is 0. The molecule has 0 radical (unpaired) electrons. The Hall–Kier alpha value is -0.810. The van der Waals surface area contributed by atoms with Crippen molar-refractivity contribution in [2.24, 2.45) is 17.8 Å². The van der Waals surface area contributed by atoms with Crippen LogP contribution in [0.3, 0.4) is 0 Å². The van der Waals surface area contributed by atoms with Gasteiger partial charge in [-0.05, 0) is 64.5 Å². The molecular formula is C17H34N2O3. The Balaban J connectivity index is 2.25. The molecule has 1 heterocycles. The lowest BCUT2D eigenvalue weighted by Gasteiger charge is -2.26. The zero-order chi connectivity index (χ0) is 16.6. The second-order valence-electron chi connectivity index (χ2n) is 7.60. The third kappa shape index (κ3) is 8.59. The maximum Gasteiger partial charge on any atom is 0.407 e. The van der Waals surface area contributed by atoms with Crippen LogP contribution in [0.4, 0.5) is 4.79 Å². The van der Waals surface area contributed by atoms with Crippen LogP contribution in [-0.4, -0.2) is 44.5 Å². The van der Waals surface area contributed by atoms with Gasteiger partial charge in [0.05, 0.1) is 0 Å². The topological polar surface area (TPSA) is 59.6 Å². The van der Waals surface area contributed by atoms with E-state index in [9.17, 15) is 4.79 Å². The number of alkyl carbamates (subject to hydrolysis) is 1. The highest BCUT2D eigenvalue weighted by molar-refractivity contribution is 5.67. The first kappa shape index (κ1) is 19.2. The highest BCUT2D eigenvalue weighted by Crippen LogP contribution is 2.14. The predicted octanol–water partition coefficient (Wildman–Crippen LogP) is 2.80. The van der Waals surface area contributed by atoms with Gasteiger partial charge in [0.1, 0.15) is 5.60 Å². The zero-order valence-corrected chi connectivity index (χ0v) is 14.9. The van der Waals surface area contributed by atoms with Crippen molar-refractivity contribution in [1.29, 1.82) is 0 Å². The van der Waals surface area contributed by atoms with E-state index in [4.69, 9.17) is 9.47 Å². The molecule has 5 nitrogen and oxygen atoms in total. The highest BCUT2D eigenvalue weighted by atomic mass is 16.6. The van der Waals surface area contributed by atoms with E-state index in [1.165, 1.54) is 0 Å². The fourth-order valence-corrected chi connectivity index (χ4v) is 2.50. The van der Waals surface area contributed by atoms with Gasteiger partial charge in [-0.25, -0.2) is 4.79 Å². The molecule has 1 amide bonds. The van der Waals surface area contributed by atoms with E-state index in [0.717, 1.165) is 45.1 Å². The van der Waals surface area contributed by atoms with E-state index >= 15 is 0 Å². The van der Waals surface area contributed by atoms with Gasteiger partial charge in [-0.2, -0.15) is 0 Å². The fourth-order valence-electron chi connectivity index (χ4n) is 2.50. The van der Waals surface area contributed by atoms with Crippen molar-refractivity contribution in [3.8, 4) is 0 Å². The Bertz CT molecular complexity index is 320. The zero-order valence-electron chi connectivity index (χ0n) is 14.9. The molecule has 1 fully saturated rings. The van der Waals surface area contributed by atoms with Crippen LogP contribution < -0.4 is 10.6 Å². The molecule has 1 aliphatic heterocycles. The fraction of sp³-hybridized carbons (Fsp3) is 0.941. The van der Waals surface area contributed by atoms with Crippen LogP contribution in [-0.2, 0) is 9.47 Å². The summed E-state index contributed by atoms with van der Waals surface area (Å²) in [6, 6.07) is 0. The summed E-state index contributed by atoms with van der Waals surface area (Å²) in [5.41, 5.74) is -0.446. The molecule has 130 valence electrons. The molecule has 1 saturated heterocycles. The van der Waals surface area contributed by atoms with Gasteiger partial charge in [0.2, 0.25) is 0 Å². The van der Waals surface area contributed by atoms with Crippen LogP contribution in [0.25, 0.3) is 0 Å². The van der Waals surface area contributed by atoms with Crippen molar-refractivity contribution in [3.63, 3.8) is 0 Å². The van der Waals surface area contributed by atoms with Gasteiger partial charge in [-0.1, -0.05) is 13.8 Å². The average Bonchev–Trinajstić information content (AvgIpc) is 2.41. The number of carbonyl (C=O) groups excluding carboxylic acids is 1. The third-order valence-electron chi connectivity index (χ3n) is 4.03. The second kappa shape index (κ2) is 9.36. The maximum absolute atomic E-state index is 11.7. The molecule has 0 aromatic rings. The summed E-state index contributed by atoms with van der Waals surface area (Å²) in [5.74, 6) is 1.64. The first-order chi connectivity index (χ1) is 10.3. The van der Waals surface area contributed by atoms with Gasteiger partial charge in [0.25, 0.3) is 0 Å². The Labute approximate surface area is 135 Å². The number of amides is 1. The van der Waals surface area contributed by atoms with Gasteiger partial charge in [0, 0.05) is 19.8 Å². The van der Waals surface area contributed by atoms with Crippen LogP contribution in [0.1, 0.15) is 47.5 Å². The molecule has 5 heteroatoms. The van der Waals surface area contributed by atoms with Crippen molar-refractivity contribution < 1.29 is 14.3 Å². The van der Waals surface area contributed by atoms with Crippen molar-refractivity contribution in [3.05, 3.63) is 0 Å². The number of hydrogen-bond acceptors (Lipinski definition) is 4. The van der Waals surface area contributed by atoms with Crippen LogP contribution >= 0.6 is 0 Å². The van der Waals surface area contributed by atoms with Crippen molar-refractivity contribution in [2.75, 3.05) is 32.8 Å². The number of rotatable bonds is 7. The minimum Gasteiger partial charge on any atom is -0.444 e. The lowest BCUT2D eigenvalue weighted by molar-refractivity contribution is 0.0512. The molecule has 0 saturated carbocycles. The van der Waals surface area contributed by atoms with E-state index in [1.54, 1.807) is 0 Å². The number of ether oxygens (including phenoxy) is 2. The molecule has 0 aliphatic carbocycles. The molecule has 0 spiro atoms. The third-order valence-corrected chi connectivity index (χ3v) is 4.03. The molecule has 2 N–H and O–H groups in total. The molecule has 0 aromatic heterocycles. The smallest absolute Gasteiger partial charge is 0.407 e. The lowest BCUT2D eigenvalue weighted by Crippen LogP contribution is -2.40. The van der Waals surface area contributed by atoms with Crippen molar-refractivity contribution in [2.45, 2.75) is 53.1 Å². The molecule has 0 aromatic carbocycles. The maximum atomic E-state index is 11.7. The summed E-state index contributed by atoms with van der Waals surface area (Å²) in [7, 11) is 0. The Morgan fingerprint density at radius 1 is 1.23 bits per heavy atom. The predicted molar refractivity (Wildman–Crippen MR) is 89.0 cm³/mol. The normalized spacial score (nSPS) is 18.3. The van der Waals surface area contributed by atoms with Crippen LogP contribution in [0, 0.1) is 17.8 Å². The Kier molecular flexibility index (Phi) is 8.18. The standard InChI is InChI=1S/C17H34N2O3/c1-13(2)15(12-19-16(20)22-17(3,4)5)11-18-10-14-6-8-21-9-7-14/h13-15,18H,6-12H2,1-5H3,(H,19,20). The second-order valence-corrected chi connectivity index (χ2v) is 7.60. The van der Waals surface area contributed by atoms with Gasteiger partial charge < -0.3 is 20.1 Å². The SMILES string of the molecule is CC(C)C(CNCC1CCOCC1)CNC(=O)OC(C)(C)C. The van der Waals surface area contributed by atoms with Crippen LogP contribution in [0.5, 0.6) is 0 Å². The van der Waals surface area contributed by atoms with E-state index in [1.807, 2.05) is 20.8 Å². The van der Waals surface area contributed by atoms with Crippen LogP contribution in [0.2, 0.25) is 0 Å². The number of carbonyl (C=O) groups is 1. The van der Waals surface area contributed by atoms with Crippen molar-refractivity contribution >= 4 is 6.09 Å². The Morgan fingerprint density at radius 3 is 2.41 bits per heavy atom. The average molecular weight is 314 g/mol. The lowest BCUT2D eigenvalue weighted by atomic mass is 9.95. The molecule has 0 bridgehead atoms. The quantitative estimate of drug-likeness (QED) is 0.758. The monoisotopic (exact) mass is 314 g/mol. The molecular weight excluding hydrogens is 280 g/mol.